The maximum Gasteiger partial charge on any atom is 0.247 e. The number of fused-ring (bicyclic) bond motifs is 1. The van der Waals surface area contributed by atoms with Crippen LogP contribution in [0.15, 0.2) is 14.5 Å². The zero-order valence-corrected chi connectivity index (χ0v) is 13.7. The summed E-state index contributed by atoms with van der Waals surface area (Å²) in [5.74, 6) is 0. The highest BCUT2D eigenvalue weighted by Gasteiger charge is 2.46. The van der Waals surface area contributed by atoms with Crippen LogP contribution in [0.3, 0.4) is 0 Å². The number of nitrogens with two attached hydrogens (primary N) is 1. The summed E-state index contributed by atoms with van der Waals surface area (Å²) in [6.07, 6.45) is 1.30. The van der Waals surface area contributed by atoms with Crippen molar-refractivity contribution in [2.75, 3.05) is 6.54 Å². The lowest BCUT2D eigenvalue weighted by atomic mass is 10.0. The summed E-state index contributed by atoms with van der Waals surface area (Å²) in [5, 5.41) is 7.71. The number of rotatable bonds is 5. The molecule has 1 aliphatic heterocycles. The zero-order valence-electron chi connectivity index (χ0n) is 11.3. The molecule has 20 heavy (non-hydrogen) atoms. The van der Waals surface area contributed by atoms with Crippen LogP contribution in [0, 0.1) is 0 Å². The normalized spacial score (nSPS) is 24.8. The maximum atomic E-state index is 12.5. The summed E-state index contributed by atoms with van der Waals surface area (Å²) in [7, 11) is -7.36. The number of sulfone groups is 1. The van der Waals surface area contributed by atoms with E-state index in [9.17, 15) is 16.8 Å². The third-order valence-corrected chi connectivity index (χ3v) is 8.71. The third kappa shape index (κ3) is 2.52. The molecule has 0 fully saturated rings. The minimum absolute atomic E-state index is 0.0936. The fraction of sp³-hybridized carbons (Fsp3) is 0.636. The summed E-state index contributed by atoms with van der Waals surface area (Å²) >= 11 is 0.754. The van der Waals surface area contributed by atoms with E-state index in [1.165, 1.54) is 6.07 Å². The number of nitrogens with one attached hydrogen (secondary N) is 1. The van der Waals surface area contributed by atoms with Gasteiger partial charge >= 0.3 is 0 Å². The summed E-state index contributed by atoms with van der Waals surface area (Å²) < 4.78 is 47.9. The third-order valence-electron chi connectivity index (χ3n) is 3.34. The molecule has 0 aliphatic carbocycles. The molecule has 2 atom stereocenters. The van der Waals surface area contributed by atoms with Gasteiger partial charge in [-0.3, -0.25) is 0 Å². The molecule has 0 amide bonds. The van der Waals surface area contributed by atoms with Crippen molar-refractivity contribution in [3.8, 4) is 0 Å². The fourth-order valence-corrected chi connectivity index (χ4v) is 7.41. The van der Waals surface area contributed by atoms with Crippen LogP contribution in [0.25, 0.3) is 0 Å². The van der Waals surface area contributed by atoms with Gasteiger partial charge in [0.15, 0.2) is 9.84 Å². The molecule has 0 spiro atoms. The number of hydrogen-bond donors (Lipinski definition) is 2. The minimum Gasteiger partial charge on any atom is -0.309 e. The van der Waals surface area contributed by atoms with Crippen molar-refractivity contribution in [2.45, 2.75) is 46.4 Å². The zero-order chi connectivity index (χ0) is 15.1. The van der Waals surface area contributed by atoms with Crippen LogP contribution in [0.2, 0.25) is 0 Å². The van der Waals surface area contributed by atoms with Crippen LogP contribution in [-0.2, 0) is 19.9 Å². The molecule has 2 rings (SSSR count). The van der Waals surface area contributed by atoms with Gasteiger partial charge in [-0.25, -0.2) is 22.0 Å². The lowest BCUT2D eigenvalue weighted by molar-refractivity contribution is 0.492. The summed E-state index contributed by atoms with van der Waals surface area (Å²) in [6.45, 7) is 4.43. The van der Waals surface area contributed by atoms with E-state index in [2.05, 4.69) is 5.32 Å². The molecule has 2 heterocycles. The quantitative estimate of drug-likeness (QED) is 0.833. The molecule has 6 nitrogen and oxygen atoms in total. The Morgan fingerprint density at radius 2 is 2.05 bits per heavy atom. The molecule has 1 aromatic heterocycles. The summed E-state index contributed by atoms with van der Waals surface area (Å²) in [6, 6.07) is 1.04. The minimum atomic E-state index is -3.87. The standard InChI is InChI=1S/C11H18N2O4S3/c1-3-5-8-10(13-4-2)7-6-9(20(12,16)17)18-11(7)19(8,14)15/h6,8,10,13H,3-5H2,1-2H3,(H2,12,16,17). The van der Waals surface area contributed by atoms with Gasteiger partial charge in [-0.15, -0.1) is 11.3 Å². The molecule has 1 aromatic rings. The number of thiophene rings is 1. The van der Waals surface area contributed by atoms with E-state index in [0.717, 1.165) is 17.8 Å². The number of primary sulfonamides is 1. The fourth-order valence-electron chi connectivity index (χ4n) is 2.53. The molecular weight excluding hydrogens is 320 g/mol. The van der Waals surface area contributed by atoms with Gasteiger partial charge in [0.1, 0.15) is 8.42 Å². The van der Waals surface area contributed by atoms with Crippen LogP contribution in [0.5, 0.6) is 0 Å². The Kier molecular flexibility index (Phi) is 4.27. The van der Waals surface area contributed by atoms with Gasteiger partial charge in [0, 0.05) is 5.56 Å². The Morgan fingerprint density at radius 1 is 1.40 bits per heavy atom. The van der Waals surface area contributed by atoms with E-state index in [1.54, 1.807) is 0 Å². The number of sulfonamides is 1. The van der Waals surface area contributed by atoms with Crippen molar-refractivity contribution < 1.29 is 16.8 Å². The van der Waals surface area contributed by atoms with Crippen LogP contribution < -0.4 is 10.5 Å². The first-order valence-corrected chi connectivity index (χ1v) is 10.3. The van der Waals surface area contributed by atoms with Crippen molar-refractivity contribution in [1.29, 1.82) is 0 Å². The maximum absolute atomic E-state index is 12.5. The Labute approximate surface area is 123 Å². The largest absolute Gasteiger partial charge is 0.309 e. The Bertz CT molecular complexity index is 706. The molecule has 9 heteroatoms. The highest BCUT2D eigenvalue weighted by atomic mass is 32.3. The SMILES string of the molecule is CCCC1C(NCC)c2cc(S(N)(=O)=O)sc2S1(=O)=O. The van der Waals surface area contributed by atoms with Gasteiger partial charge in [-0.05, 0) is 19.0 Å². The van der Waals surface area contributed by atoms with E-state index in [1.807, 2.05) is 13.8 Å². The first-order chi connectivity index (χ1) is 9.23. The van der Waals surface area contributed by atoms with Gasteiger partial charge in [-0.2, -0.15) is 0 Å². The van der Waals surface area contributed by atoms with Crippen molar-refractivity contribution in [3.63, 3.8) is 0 Å². The Hall–Kier alpha value is -0.480. The van der Waals surface area contributed by atoms with Crippen molar-refractivity contribution in [3.05, 3.63) is 11.6 Å². The van der Waals surface area contributed by atoms with E-state index < -0.39 is 25.1 Å². The molecule has 1 aliphatic rings. The predicted octanol–water partition coefficient (Wildman–Crippen LogP) is 1.00. The second kappa shape index (κ2) is 5.38. The van der Waals surface area contributed by atoms with Gasteiger partial charge < -0.3 is 5.32 Å². The lowest BCUT2D eigenvalue weighted by Gasteiger charge is -2.19. The van der Waals surface area contributed by atoms with Gasteiger partial charge in [0.25, 0.3) is 0 Å². The average molecular weight is 338 g/mol. The molecule has 0 aromatic carbocycles. The van der Waals surface area contributed by atoms with E-state index in [4.69, 9.17) is 5.14 Å². The topological polar surface area (TPSA) is 106 Å². The number of hydrogen-bond acceptors (Lipinski definition) is 6. The highest BCUT2D eigenvalue weighted by molar-refractivity contribution is 7.95. The monoisotopic (exact) mass is 338 g/mol. The van der Waals surface area contributed by atoms with Gasteiger partial charge in [0.05, 0.1) is 11.3 Å². The second-order valence-corrected chi connectivity index (χ2v) is 9.96. The molecule has 0 saturated heterocycles. The first kappa shape index (κ1) is 15.9. The molecular formula is C11H18N2O4S3. The van der Waals surface area contributed by atoms with Gasteiger partial charge in [-0.1, -0.05) is 20.3 Å². The Balaban J connectivity index is 2.58. The smallest absolute Gasteiger partial charge is 0.247 e. The van der Waals surface area contributed by atoms with Gasteiger partial charge in [0.2, 0.25) is 10.0 Å². The van der Waals surface area contributed by atoms with Crippen LogP contribution in [0.4, 0.5) is 0 Å². The molecule has 0 saturated carbocycles. The molecule has 114 valence electrons. The van der Waals surface area contributed by atoms with Crippen LogP contribution in [0.1, 0.15) is 38.3 Å². The van der Waals surface area contributed by atoms with E-state index >= 15 is 0 Å². The molecule has 2 unspecified atom stereocenters. The summed E-state index contributed by atoms with van der Waals surface area (Å²) in [4.78, 5) is 0. The van der Waals surface area contributed by atoms with E-state index in [0.29, 0.717) is 18.5 Å². The lowest BCUT2D eigenvalue weighted by Crippen LogP contribution is -2.31. The highest BCUT2D eigenvalue weighted by Crippen LogP contribution is 2.46. The van der Waals surface area contributed by atoms with Crippen molar-refractivity contribution in [1.82, 2.24) is 5.32 Å². The van der Waals surface area contributed by atoms with Crippen molar-refractivity contribution in [2.24, 2.45) is 5.14 Å². The molecule has 3 N–H and O–H groups in total. The second-order valence-electron chi connectivity index (χ2n) is 4.76. The molecule has 0 radical (unpaired) electrons. The first-order valence-electron chi connectivity index (χ1n) is 6.37. The average Bonchev–Trinajstić information content (AvgIpc) is 2.84. The summed E-state index contributed by atoms with van der Waals surface area (Å²) in [5.41, 5.74) is 0.541. The molecule has 0 bridgehead atoms. The van der Waals surface area contributed by atoms with Crippen LogP contribution >= 0.6 is 11.3 Å². The predicted molar refractivity (Wildman–Crippen MR) is 78.0 cm³/mol. The van der Waals surface area contributed by atoms with Crippen molar-refractivity contribution >= 4 is 31.2 Å². The Morgan fingerprint density at radius 3 is 2.55 bits per heavy atom. The van der Waals surface area contributed by atoms with E-state index in [-0.39, 0.29) is 14.5 Å². The van der Waals surface area contributed by atoms with Crippen LogP contribution in [-0.4, -0.2) is 28.6 Å².